The van der Waals surface area contributed by atoms with Crippen molar-refractivity contribution in [2.24, 2.45) is 5.41 Å². The van der Waals surface area contributed by atoms with Crippen molar-refractivity contribution < 1.29 is 18.3 Å². The lowest BCUT2D eigenvalue weighted by molar-refractivity contribution is -0.150. The molecule has 1 saturated carbocycles. The average molecular weight is 278 g/mol. The second kappa shape index (κ2) is 6.49. The largest absolute Gasteiger partial charge is 0.481 e. The molecule has 7 heteroatoms. The van der Waals surface area contributed by atoms with Crippen molar-refractivity contribution in [1.82, 2.24) is 9.44 Å². The fourth-order valence-corrected chi connectivity index (χ4v) is 3.26. The van der Waals surface area contributed by atoms with E-state index >= 15 is 0 Å². The van der Waals surface area contributed by atoms with Crippen LogP contribution < -0.4 is 9.44 Å². The summed E-state index contributed by atoms with van der Waals surface area (Å²) in [6.45, 7) is 2.19. The van der Waals surface area contributed by atoms with Crippen LogP contribution in [0.4, 0.5) is 0 Å². The van der Waals surface area contributed by atoms with E-state index in [9.17, 15) is 18.3 Å². The van der Waals surface area contributed by atoms with Gasteiger partial charge >= 0.3 is 5.97 Å². The molecule has 0 unspecified atom stereocenters. The highest BCUT2D eigenvalue weighted by atomic mass is 32.2. The van der Waals surface area contributed by atoms with Gasteiger partial charge in [-0.25, -0.2) is 9.44 Å². The molecule has 0 atom stereocenters. The summed E-state index contributed by atoms with van der Waals surface area (Å²) < 4.78 is 27.9. The van der Waals surface area contributed by atoms with Gasteiger partial charge in [-0.15, -0.1) is 0 Å². The molecule has 0 aromatic carbocycles. The Balaban J connectivity index is 2.60. The van der Waals surface area contributed by atoms with Crippen molar-refractivity contribution in [2.75, 3.05) is 13.1 Å². The van der Waals surface area contributed by atoms with Gasteiger partial charge < -0.3 is 5.11 Å². The van der Waals surface area contributed by atoms with Gasteiger partial charge in [-0.05, 0) is 19.3 Å². The molecule has 0 saturated heterocycles. The van der Waals surface area contributed by atoms with E-state index in [0.29, 0.717) is 25.8 Å². The van der Waals surface area contributed by atoms with Gasteiger partial charge in [0.25, 0.3) is 10.2 Å². The SMILES string of the molecule is CCCNS(=O)(=O)NCC1(C(=O)O)CCCCC1. The monoisotopic (exact) mass is 278 g/mol. The van der Waals surface area contributed by atoms with Gasteiger partial charge in [0.1, 0.15) is 0 Å². The lowest BCUT2D eigenvalue weighted by Gasteiger charge is -2.33. The molecule has 1 aliphatic carbocycles. The van der Waals surface area contributed by atoms with E-state index in [1.165, 1.54) is 0 Å². The summed E-state index contributed by atoms with van der Waals surface area (Å²) in [5.41, 5.74) is -0.931. The highest BCUT2D eigenvalue weighted by molar-refractivity contribution is 7.87. The molecular formula is C11H22N2O4S. The van der Waals surface area contributed by atoms with E-state index in [2.05, 4.69) is 9.44 Å². The Kier molecular flexibility index (Phi) is 5.55. The number of carbonyl (C=O) groups is 1. The number of carboxylic acids is 1. The summed E-state index contributed by atoms with van der Waals surface area (Å²) in [5, 5.41) is 9.31. The van der Waals surface area contributed by atoms with Crippen LogP contribution in [0.25, 0.3) is 0 Å². The predicted molar refractivity (Wildman–Crippen MR) is 68.4 cm³/mol. The highest BCUT2D eigenvalue weighted by Gasteiger charge is 2.40. The third kappa shape index (κ3) is 4.22. The molecule has 106 valence electrons. The van der Waals surface area contributed by atoms with E-state index < -0.39 is 21.6 Å². The third-order valence-electron chi connectivity index (χ3n) is 3.41. The minimum atomic E-state index is -3.58. The van der Waals surface area contributed by atoms with Gasteiger partial charge in [-0.1, -0.05) is 26.2 Å². The van der Waals surface area contributed by atoms with E-state index in [0.717, 1.165) is 19.3 Å². The normalized spacial score (nSPS) is 19.6. The van der Waals surface area contributed by atoms with Crippen molar-refractivity contribution in [3.05, 3.63) is 0 Å². The molecule has 18 heavy (non-hydrogen) atoms. The van der Waals surface area contributed by atoms with Gasteiger partial charge in [0, 0.05) is 13.1 Å². The molecule has 1 aliphatic rings. The first-order chi connectivity index (χ1) is 8.42. The second-order valence-corrected chi connectivity index (χ2v) is 6.45. The van der Waals surface area contributed by atoms with Gasteiger partial charge in [0.15, 0.2) is 0 Å². The molecular weight excluding hydrogens is 256 g/mol. The summed E-state index contributed by atoms with van der Waals surface area (Å²) >= 11 is 0. The zero-order chi connectivity index (χ0) is 13.6. The van der Waals surface area contributed by atoms with E-state index in [1.54, 1.807) is 0 Å². The Morgan fingerprint density at radius 1 is 1.22 bits per heavy atom. The topological polar surface area (TPSA) is 95.5 Å². The quantitative estimate of drug-likeness (QED) is 0.643. The van der Waals surface area contributed by atoms with Crippen LogP contribution >= 0.6 is 0 Å². The van der Waals surface area contributed by atoms with Crippen LogP contribution in [0.2, 0.25) is 0 Å². The van der Waals surface area contributed by atoms with Crippen molar-refractivity contribution in [3.63, 3.8) is 0 Å². The Morgan fingerprint density at radius 3 is 2.33 bits per heavy atom. The van der Waals surface area contributed by atoms with Crippen LogP contribution in [0.1, 0.15) is 45.4 Å². The standard InChI is InChI=1S/C11H22N2O4S/c1-2-8-12-18(16,17)13-9-11(10(14)15)6-4-3-5-7-11/h12-13H,2-9H2,1H3,(H,14,15). The van der Waals surface area contributed by atoms with Gasteiger partial charge in [0.2, 0.25) is 0 Å². The first-order valence-corrected chi connectivity index (χ1v) is 7.88. The average Bonchev–Trinajstić information content (AvgIpc) is 2.35. The van der Waals surface area contributed by atoms with Crippen molar-refractivity contribution in [3.8, 4) is 0 Å². The Labute approximate surface area is 108 Å². The fraction of sp³-hybridized carbons (Fsp3) is 0.909. The van der Waals surface area contributed by atoms with Crippen LogP contribution in [0.5, 0.6) is 0 Å². The van der Waals surface area contributed by atoms with Crippen LogP contribution in [0, 0.1) is 5.41 Å². The van der Waals surface area contributed by atoms with Crippen LogP contribution in [-0.2, 0) is 15.0 Å². The summed E-state index contributed by atoms with van der Waals surface area (Å²) in [6.07, 6.45) is 4.49. The summed E-state index contributed by atoms with van der Waals surface area (Å²) in [5.74, 6) is -0.902. The van der Waals surface area contributed by atoms with Crippen molar-refractivity contribution >= 4 is 16.2 Å². The molecule has 0 amide bonds. The number of rotatable bonds is 7. The summed E-state index contributed by atoms with van der Waals surface area (Å²) in [7, 11) is -3.58. The maximum absolute atomic E-state index is 11.6. The van der Waals surface area contributed by atoms with Crippen molar-refractivity contribution in [1.29, 1.82) is 0 Å². The fourth-order valence-electron chi connectivity index (χ4n) is 2.22. The molecule has 0 bridgehead atoms. The van der Waals surface area contributed by atoms with E-state index in [1.807, 2.05) is 6.92 Å². The van der Waals surface area contributed by atoms with Crippen molar-refractivity contribution in [2.45, 2.75) is 45.4 Å². The highest BCUT2D eigenvalue weighted by Crippen LogP contribution is 2.36. The zero-order valence-electron chi connectivity index (χ0n) is 10.7. The first kappa shape index (κ1) is 15.4. The molecule has 0 aromatic rings. The molecule has 0 heterocycles. The molecule has 3 N–H and O–H groups in total. The summed E-state index contributed by atoms with van der Waals surface area (Å²) in [6, 6.07) is 0. The molecule has 0 radical (unpaired) electrons. The van der Waals surface area contributed by atoms with Gasteiger partial charge in [-0.3, -0.25) is 4.79 Å². The number of hydrogen-bond donors (Lipinski definition) is 3. The predicted octanol–water partition coefficient (Wildman–Crippen LogP) is 0.855. The molecule has 1 rings (SSSR count). The Morgan fingerprint density at radius 2 is 1.83 bits per heavy atom. The summed E-state index contributed by atoms with van der Waals surface area (Å²) in [4.78, 5) is 11.4. The van der Waals surface area contributed by atoms with Crippen LogP contribution in [0.15, 0.2) is 0 Å². The molecule has 0 aliphatic heterocycles. The molecule has 1 fully saturated rings. The molecule has 0 aromatic heterocycles. The lowest BCUT2D eigenvalue weighted by atomic mass is 9.74. The Bertz CT molecular complexity index is 375. The van der Waals surface area contributed by atoms with Gasteiger partial charge in [-0.2, -0.15) is 8.42 Å². The minimum Gasteiger partial charge on any atom is -0.481 e. The van der Waals surface area contributed by atoms with Gasteiger partial charge in [0.05, 0.1) is 5.41 Å². The number of nitrogens with one attached hydrogen (secondary N) is 2. The molecule has 6 nitrogen and oxygen atoms in total. The number of hydrogen-bond acceptors (Lipinski definition) is 3. The van der Waals surface area contributed by atoms with Crippen LogP contribution in [-0.4, -0.2) is 32.6 Å². The third-order valence-corrected chi connectivity index (χ3v) is 4.52. The molecule has 0 spiro atoms. The Hall–Kier alpha value is -0.660. The number of aliphatic carboxylic acids is 1. The minimum absolute atomic E-state index is 0.0264. The van der Waals surface area contributed by atoms with E-state index in [4.69, 9.17) is 0 Å². The zero-order valence-corrected chi connectivity index (χ0v) is 11.6. The second-order valence-electron chi connectivity index (χ2n) is 4.87. The maximum atomic E-state index is 11.6. The lowest BCUT2D eigenvalue weighted by Crippen LogP contribution is -2.47. The van der Waals surface area contributed by atoms with E-state index in [-0.39, 0.29) is 6.54 Å². The first-order valence-electron chi connectivity index (χ1n) is 6.39. The van der Waals surface area contributed by atoms with Crippen LogP contribution in [0.3, 0.4) is 0 Å². The maximum Gasteiger partial charge on any atom is 0.310 e. The smallest absolute Gasteiger partial charge is 0.310 e. The number of carboxylic acid groups (broad SMARTS) is 1.